The summed E-state index contributed by atoms with van der Waals surface area (Å²) < 4.78 is 0. The summed E-state index contributed by atoms with van der Waals surface area (Å²) in [6.45, 7) is 1.87. The minimum atomic E-state index is -1.81. The first kappa shape index (κ1) is 16.9. The number of hydrogen-bond donors (Lipinski definition) is 2. The number of anilines is 1. The lowest BCUT2D eigenvalue weighted by Gasteiger charge is -2.19. The Morgan fingerprint density at radius 1 is 1.16 bits per heavy atom. The summed E-state index contributed by atoms with van der Waals surface area (Å²) in [4.78, 5) is 24.4. The van der Waals surface area contributed by atoms with E-state index in [1.165, 1.54) is 6.08 Å². The zero-order valence-electron chi connectivity index (χ0n) is 13.9. The second-order valence-electron chi connectivity index (χ2n) is 6.14. The average Bonchev–Trinajstić information content (AvgIpc) is 2.83. The molecule has 0 aromatic heterocycles. The van der Waals surface area contributed by atoms with Crippen molar-refractivity contribution >= 4 is 23.5 Å². The van der Waals surface area contributed by atoms with Crippen LogP contribution in [0, 0.1) is 6.92 Å². The Balaban J connectivity index is 1.71. The highest BCUT2D eigenvalue weighted by atomic mass is 16.3. The fraction of sp³-hybridized carbons (Fsp3) is 0.143. The van der Waals surface area contributed by atoms with Gasteiger partial charge >= 0.3 is 0 Å². The van der Waals surface area contributed by atoms with Crippen LogP contribution in [-0.4, -0.2) is 16.8 Å². The van der Waals surface area contributed by atoms with Gasteiger partial charge in [0.25, 0.3) is 5.91 Å². The van der Waals surface area contributed by atoms with Crippen LogP contribution in [0.2, 0.25) is 0 Å². The predicted octanol–water partition coefficient (Wildman–Crippen LogP) is 3.36. The molecule has 1 aliphatic rings. The van der Waals surface area contributed by atoms with E-state index < -0.39 is 11.5 Å². The number of amides is 1. The third-order valence-electron chi connectivity index (χ3n) is 4.16. The zero-order chi connectivity index (χ0) is 17.9. The minimum Gasteiger partial charge on any atom is -0.375 e. The van der Waals surface area contributed by atoms with Crippen molar-refractivity contribution in [3.8, 4) is 0 Å². The molecule has 4 heteroatoms. The number of carbonyl (C=O) groups is 2. The molecule has 0 aliphatic carbocycles. The van der Waals surface area contributed by atoms with E-state index in [0.717, 1.165) is 11.1 Å². The summed E-state index contributed by atoms with van der Waals surface area (Å²) in [6.07, 6.45) is 6.33. The van der Waals surface area contributed by atoms with E-state index in [9.17, 15) is 14.7 Å². The normalized spacial score (nSPS) is 19.4. The number of carbonyl (C=O) groups excluding carboxylic acids is 2. The number of benzene rings is 2. The summed E-state index contributed by atoms with van der Waals surface area (Å²) >= 11 is 0. The largest absolute Gasteiger partial charge is 0.375 e. The number of ketones is 1. The van der Waals surface area contributed by atoms with Gasteiger partial charge in [0, 0.05) is 11.3 Å². The molecule has 1 heterocycles. The predicted molar refractivity (Wildman–Crippen MR) is 97.9 cm³/mol. The SMILES string of the molecule is Cc1ccc2c(c1)[C@](O)(CC(=O)/C=C/C=C\c1ccccc1)C(=O)N2. The quantitative estimate of drug-likeness (QED) is 0.651. The van der Waals surface area contributed by atoms with Gasteiger partial charge in [-0.05, 0) is 24.6 Å². The van der Waals surface area contributed by atoms with Crippen molar-refractivity contribution in [1.82, 2.24) is 0 Å². The second-order valence-corrected chi connectivity index (χ2v) is 6.14. The van der Waals surface area contributed by atoms with Gasteiger partial charge in [-0.1, -0.05) is 66.3 Å². The molecule has 0 unspecified atom stereocenters. The highest BCUT2D eigenvalue weighted by Crippen LogP contribution is 2.39. The van der Waals surface area contributed by atoms with Crippen molar-refractivity contribution in [2.45, 2.75) is 18.9 Å². The molecule has 126 valence electrons. The van der Waals surface area contributed by atoms with Gasteiger partial charge in [-0.2, -0.15) is 0 Å². The smallest absolute Gasteiger partial charge is 0.261 e. The van der Waals surface area contributed by atoms with Crippen LogP contribution in [0.3, 0.4) is 0 Å². The Morgan fingerprint density at radius 2 is 1.92 bits per heavy atom. The molecule has 2 N–H and O–H groups in total. The van der Waals surface area contributed by atoms with Gasteiger partial charge in [0.1, 0.15) is 0 Å². The first-order valence-corrected chi connectivity index (χ1v) is 8.07. The van der Waals surface area contributed by atoms with E-state index >= 15 is 0 Å². The fourth-order valence-electron chi connectivity index (χ4n) is 2.84. The standard InChI is InChI=1S/C21H19NO3/c1-15-11-12-19-18(13-15)21(25,20(24)22-19)14-17(23)10-6-5-9-16-7-3-2-4-8-16/h2-13,25H,14H2,1H3,(H,22,24)/b9-5-,10-6+/t21-/m1/s1. The molecule has 25 heavy (non-hydrogen) atoms. The Labute approximate surface area is 146 Å². The summed E-state index contributed by atoms with van der Waals surface area (Å²) in [5, 5.41) is 13.4. The number of hydrogen-bond acceptors (Lipinski definition) is 3. The van der Waals surface area contributed by atoms with E-state index in [-0.39, 0.29) is 12.2 Å². The molecule has 1 aliphatic heterocycles. The summed E-state index contributed by atoms with van der Waals surface area (Å²) in [5.74, 6) is -0.876. The van der Waals surface area contributed by atoms with E-state index in [0.29, 0.717) is 11.3 Å². The molecule has 0 fully saturated rings. The van der Waals surface area contributed by atoms with Crippen molar-refractivity contribution in [3.05, 3.63) is 83.4 Å². The fourth-order valence-corrected chi connectivity index (χ4v) is 2.84. The Kier molecular flexibility index (Phi) is 4.63. The third kappa shape index (κ3) is 3.59. The first-order chi connectivity index (χ1) is 12.0. The molecule has 1 amide bonds. The molecule has 0 bridgehead atoms. The number of fused-ring (bicyclic) bond motifs is 1. The topological polar surface area (TPSA) is 66.4 Å². The monoisotopic (exact) mass is 333 g/mol. The zero-order valence-corrected chi connectivity index (χ0v) is 13.9. The molecular formula is C21H19NO3. The van der Waals surface area contributed by atoms with Gasteiger partial charge in [0.15, 0.2) is 11.4 Å². The average molecular weight is 333 g/mol. The highest BCUT2D eigenvalue weighted by Gasteiger charge is 2.46. The number of aryl methyl sites for hydroxylation is 1. The molecule has 4 nitrogen and oxygen atoms in total. The lowest BCUT2D eigenvalue weighted by molar-refractivity contribution is -0.138. The van der Waals surface area contributed by atoms with Gasteiger partial charge in [-0.3, -0.25) is 9.59 Å². The van der Waals surface area contributed by atoms with Crippen molar-refractivity contribution in [3.63, 3.8) is 0 Å². The summed E-state index contributed by atoms with van der Waals surface area (Å²) in [7, 11) is 0. The van der Waals surface area contributed by atoms with Gasteiger partial charge < -0.3 is 10.4 Å². The number of nitrogens with one attached hydrogen (secondary N) is 1. The van der Waals surface area contributed by atoms with Crippen LogP contribution in [0.15, 0.2) is 66.8 Å². The number of rotatable bonds is 5. The highest BCUT2D eigenvalue weighted by molar-refractivity contribution is 6.08. The molecule has 3 rings (SSSR count). The molecule has 0 spiro atoms. The van der Waals surface area contributed by atoms with Crippen LogP contribution in [0.25, 0.3) is 6.08 Å². The van der Waals surface area contributed by atoms with Crippen molar-refractivity contribution in [2.75, 3.05) is 5.32 Å². The molecule has 0 saturated heterocycles. The Bertz CT molecular complexity index is 868. The lowest BCUT2D eigenvalue weighted by atomic mass is 9.89. The Morgan fingerprint density at radius 3 is 2.68 bits per heavy atom. The summed E-state index contributed by atoms with van der Waals surface area (Å²) in [6, 6.07) is 15.0. The minimum absolute atomic E-state index is 0.287. The molecule has 0 saturated carbocycles. The van der Waals surface area contributed by atoms with Crippen LogP contribution in [0.4, 0.5) is 5.69 Å². The van der Waals surface area contributed by atoms with Gasteiger partial charge in [0.2, 0.25) is 0 Å². The second kappa shape index (κ2) is 6.87. The van der Waals surface area contributed by atoms with E-state index in [4.69, 9.17) is 0 Å². The van der Waals surface area contributed by atoms with Crippen LogP contribution in [0.5, 0.6) is 0 Å². The van der Waals surface area contributed by atoms with Crippen LogP contribution in [-0.2, 0) is 15.2 Å². The molecule has 2 aromatic carbocycles. The maximum atomic E-state index is 12.2. The van der Waals surface area contributed by atoms with E-state index in [1.54, 1.807) is 24.3 Å². The number of aliphatic hydroxyl groups is 1. The molecular weight excluding hydrogens is 314 g/mol. The van der Waals surface area contributed by atoms with Gasteiger partial charge in [-0.15, -0.1) is 0 Å². The Hall–Kier alpha value is -2.98. The molecule has 2 aromatic rings. The van der Waals surface area contributed by atoms with Crippen molar-refractivity contribution < 1.29 is 14.7 Å². The van der Waals surface area contributed by atoms with Gasteiger partial charge in [-0.25, -0.2) is 0 Å². The third-order valence-corrected chi connectivity index (χ3v) is 4.16. The van der Waals surface area contributed by atoms with Crippen molar-refractivity contribution in [1.29, 1.82) is 0 Å². The summed E-state index contributed by atoms with van der Waals surface area (Å²) in [5.41, 5.74) is 1.14. The van der Waals surface area contributed by atoms with E-state index in [1.807, 2.05) is 49.4 Å². The van der Waals surface area contributed by atoms with E-state index in [2.05, 4.69) is 5.32 Å². The van der Waals surface area contributed by atoms with Crippen LogP contribution >= 0.6 is 0 Å². The van der Waals surface area contributed by atoms with Crippen LogP contribution in [0.1, 0.15) is 23.1 Å². The molecule has 1 atom stereocenters. The first-order valence-electron chi connectivity index (χ1n) is 8.07. The maximum absolute atomic E-state index is 12.2. The van der Waals surface area contributed by atoms with Gasteiger partial charge in [0.05, 0.1) is 6.42 Å². The molecule has 0 radical (unpaired) electrons. The number of allylic oxidation sites excluding steroid dienone is 3. The lowest BCUT2D eigenvalue weighted by Crippen LogP contribution is -2.36. The van der Waals surface area contributed by atoms with Crippen LogP contribution < -0.4 is 5.32 Å². The van der Waals surface area contributed by atoms with Crippen molar-refractivity contribution in [2.24, 2.45) is 0 Å². The maximum Gasteiger partial charge on any atom is 0.261 e.